The first-order valence-electron chi connectivity index (χ1n) is 5.54. The van der Waals surface area contributed by atoms with Gasteiger partial charge in [0.15, 0.2) is 0 Å². The standard InChI is InChI=1S/C13H20N2.2CH3.Ir.2H2N/c1-10(2)14-13(15-11(3)4)12-8-6-5-7-9-12;;;;;/h5-11,13H,1-4H3;2*1H3;;2*1H2/q-2;2*-1;;2*-1. The topological polar surface area (TPSA) is 95.2 Å². The maximum Gasteiger partial charge on any atom is 0 e. The Morgan fingerprint density at radius 3 is 1.40 bits per heavy atom. The number of rotatable bonds is 5. The van der Waals surface area contributed by atoms with Crippen molar-refractivity contribution in [1.29, 1.82) is 0 Å². The monoisotopic (exact) mass is 459 g/mol. The maximum absolute atomic E-state index is 4.62. The third kappa shape index (κ3) is 12.7. The smallest absolute Gasteiger partial charge is 0 e. The van der Waals surface area contributed by atoms with Crippen molar-refractivity contribution in [2.24, 2.45) is 0 Å². The first-order valence-corrected chi connectivity index (χ1v) is 5.54. The Bertz CT molecular complexity index is 268. The van der Waals surface area contributed by atoms with Crippen LogP contribution < -0.4 is 0 Å². The fraction of sp³-hybridized carbons (Fsp3) is 0.467. The molecule has 0 aliphatic heterocycles. The van der Waals surface area contributed by atoms with Gasteiger partial charge in [-0.25, -0.2) is 6.17 Å². The van der Waals surface area contributed by atoms with E-state index < -0.39 is 0 Å². The molecule has 1 radical (unpaired) electrons. The predicted molar refractivity (Wildman–Crippen MR) is 89.6 cm³/mol. The Hall–Kier alpha value is -0.291. The summed E-state index contributed by atoms with van der Waals surface area (Å²) in [7, 11) is 0. The SMILES string of the molecule is CC(C)[N-]C([N-]C(C)C)c1ccccc1.[CH3-].[CH3-].[Ir].[NH2-].[NH2-]. The van der Waals surface area contributed by atoms with Crippen molar-refractivity contribution in [3.8, 4) is 0 Å². The van der Waals surface area contributed by atoms with Gasteiger partial charge in [-0.05, 0) is 0 Å². The molecule has 4 N–H and O–H groups in total. The van der Waals surface area contributed by atoms with Crippen molar-refractivity contribution < 1.29 is 20.1 Å². The second kappa shape index (κ2) is 16.8. The third-order valence-electron chi connectivity index (χ3n) is 1.98. The van der Waals surface area contributed by atoms with Gasteiger partial charge in [0.05, 0.1) is 0 Å². The predicted octanol–water partition coefficient (Wildman–Crippen LogP) is 6.58. The summed E-state index contributed by atoms with van der Waals surface area (Å²) in [5.41, 5.74) is 1.18. The van der Waals surface area contributed by atoms with Gasteiger partial charge in [-0.1, -0.05) is 63.6 Å². The zero-order valence-electron chi connectivity index (χ0n) is 13.5. The largest absolute Gasteiger partial charge is 0.693 e. The van der Waals surface area contributed by atoms with Gasteiger partial charge in [-0.3, -0.25) is 0 Å². The molecule has 0 fully saturated rings. The molecule has 0 atom stereocenters. The van der Waals surface area contributed by atoms with Gasteiger partial charge in [0.1, 0.15) is 0 Å². The Kier molecular flexibility index (Phi) is 26.7. The number of nitrogens with two attached hydrogens (primary N) is 2. The molecule has 1 aromatic rings. The van der Waals surface area contributed by atoms with Crippen LogP contribution in [0, 0.1) is 14.9 Å². The van der Waals surface area contributed by atoms with Crippen LogP contribution in [0.4, 0.5) is 0 Å². The first kappa shape index (κ1) is 31.9. The van der Waals surface area contributed by atoms with E-state index in [0.29, 0.717) is 12.1 Å². The molecule has 0 spiro atoms. The zero-order valence-corrected chi connectivity index (χ0v) is 15.9. The quantitative estimate of drug-likeness (QED) is 0.445. The van der Waals surface area contributed by atoms with Crippen LogP contribution in [0.5, 0.6) is 0 Å². The van der Waals surface area contributed by atoms with Crippen LogP contribution >= 0.6 is 0 Å². The molecule has 0 aromatic heterocycles. The summed E-state index contributed by atoms with van der Waals surface area (Å²) >= 11 is 0. The Morgan fingerprint density at radius 2 is 1.10 bits per heavy atom. The molecule has 0 bridgehead atoms. The van der Waals surface area contributed by atoms with Crippen molar-refractivity contribution in [3.63, 3.8) is 0 Å². The van der Waals surface area contributed by atoms with Gasteiger partial charge in [0.25, 0.3) is 0 Å². The number of hydrogen-bond acceptors (Lipinski definition) is 0. The van der Waals surface area contributed by atoms with Crippen LogP contribution in [0.3, 0.4) is 0 Å². The molecule has 125 valence electrons. The van der Waals surface area contributed by atoms with Crippen LogP contribution in [0.1, 0.15) is 39.4 Å². The fourth-order valence-electron chi connectivity index (χ4n) is 1.40. The summed E-state index contributed by atoms with van der Waals surface area (Å²) in [6, 6.07) is 10.9. The molecule has 0 aliphatic carbocycles. The molecule has 1 rings (SSSR count). The summed E-state index contributed by atoms with van der Waals surface area (Å²) < 4.78 is 0. The number of nitrogens with zero attached hydrogens (tertiary/aromatic N) is 2. The molecule has 0 heterocycles. The first-order chi connectivity index (χ1) is 7.09. The van der Waals surface area contributed by atoms with Crippen molar-refractivity contribution in [3.05, 3.63) is 73.7 Å². The molecule has 0 amide bonds. The second-order valence-corrected chi connectivity index (χ2v) is 4.27. The fourth-order valence-corrected chi connectivity index (χ4v) is 1.40. The van der Waals surface area contributed by atoms with E-state index in [2.05, 4.69) is 50.5 Å². The zero-order chi connectivity index (χ0) is 11.3. The average Bonchev–Trinajstić information content (AvgIpc) is 2.17. The molecular weight excluding hydrogens is 428 g/mol. The van der Waals surface area contributed by atoms with Gasteiger partial charge in [0.2, 0.25) is 0 Å². The minimum atomic E-state index is -0.00815. The number of hydrogen-bond donors (Lipinski definition) is 0. The van der Waals surface area contributed by atoms with Crippen molar-refractivity contribution in [1.82, 2.24) is 0 Å². The van der Waals surface area contributed by atoms with E-state index >= 15 is 0 Å². The van der Waals surface area contributed by atoms with Gasteiger partial charge < -0.3 is 37.8 Å². The molecule has 1 aromatic carbocycles. The van der Waals surface area contributed by atoms with E-state index in [9.17, 15) is 0 Å². The third-order valence-corrected chi connectivity index (χ3v) is 1.98. The van der Waals surface area contributed by atoms with E-state index in [4.69, 9.17) is 0 Å². The summed E-state index contributed by atoms with van der Waals surface area (Å²) in [5.74, 6) is 0. The Labute approximate surface area is 140 Å². The van der Waals surface area contributed by atoms with Crippen LogP contribution in [-0.4, -0.2) is 12.1 Å². The van der Waals surface area contributed by atoms with E-state index in [-0.39, 0.29) is 53.4 Å². The molecular formula is C15H30IrN4-6. The number of benzene rings is 1. The maximum atomic E-state index is 4.62. The minimum Gasteiger partial charge on any atom is -0.693 e. The summed E-state index contributed by atoms with van der Waals surface area (Å²) in [6.45, 7) is 8.36. The summed E-state index contributed by atoms with van der Waals surface area (Å²) in [5, 5.41) is 9.24. The van der Waals surface area contributed by atoms with Crippen LogP contribution in [0.25, 0.3) is 22.9 Å². The summed E-state index contributed by atoms with van der Waals surface area (Å²) in [4.78, 5) is 0. The average molecular weight is 459 g/mol. The van der Waals surface area contributed by atoms with E-state index in [1.807, 2.05) is 18.2 Å². The van der Waals surface area contributed by atoms with Gasteiger partial charge >= 0.3 is 0 Å². The molecule has 0 unspecified atom stereocenters. The van der Waals surface area contributed by atoms with E-state index in [1.165, 1.54) is 5.56 Å². The van der Waals surface area contributed by atoms with Crippen LogP contribution in [0.15, 0.2) is 30.3 Å². The van der Waals surface area contributed by atoms with Gasteiger partial charge in [-0.2, -0.15) is 0 Å². The minimum absolute atomic E-state index is 0. The molecule has 0 aliphatic rings. The molecule has 0 saturated heterocycles. The Morgan fingerprint density at radius 1 is 0.750 bits per heavy atom. The van der Waals surface area contributed by atoms with Crippen molar-refractivity contribution in [2.45, 2.75) is 45.9 Å². The molecule has 20 heavy (non-hydrogen) atoms. The molecule has 5 heteroatoms. The van der Waals surface area contributed by atoms with Crippen molar-refractivity contribution >= 4 is 0 Å². The molecule has 4 nitrogen and oxygen atoms in total. The van der Waals surface area contributed by atoms with E-state index in [1.54, 1.807) is 0 Å². The van der Waals surface area contributed by atoms with Gasteiger partial charge in [0, 0.05) is 20.1 Å². The summed E-state index contributed by atoms with van der Waals surface area (Å²) in [6.07, 6.45) is -0.00815. The van der Waals surface area contributed by atoms with Crippen molar-refractivity contribution in [2.75, 3.05) is 0 Å². The second-order valence-electron chi connectivity index (χ2n) is 4.27. The van der Waals surface area contributed by atoms with Crippen LogP contribution in [0.2, 0.25) is 0 Å². The molecule has 0 saturated carbocycles. The Balaban J connectivity index is -0.000000150. The van der Waals surface area contributed by atoms with Gasteiger partial charge in [-0.15, -0.1) is 12.1 Å². The normalized spacial score (nSPS) is 8.75. The van der Waals surface area contributed by atoms with Crippen LogP contribution in [-0.2, 0) is 20.1 Å². The van der Waals surface area contributed by atoms with E-state index in [0.717, 1.165) is 0 Å².